The molecule has 112 valence electrons. The Bertz CT molecular complexity index is 629. The van der Waals surface area contributed by atoms with Crippen LogP contribution < -0.4 is 11.2 Å². The Morgan fingerprint density at radius 1 is 1.65 bits per heavy atom. The lowest BCUT2D eigenvalue weighted by molar-refractivity contribution is -0.0400. The minimum Gasteiger partial charge on any atom is -0.390 e. The van der Waals surface area contributed by atoms with Crippen LogP contribution in [0.5, 0.6) is 0 Å². The second-order valence-corrected chi connectivity index (χ2v) is 6.36. The van der Waals surface area contributed by atoms with E-state index in [-0.39, 0.29) is 13.0 Å². The molecule has 0 aromatic carbocycles. The number of aliphatic hydroxyl groups is 1. The van der Waals surface area contributed by atoms with Crippen molar-refractivity contribution in [3.05, 3.63) is 32.6 Å². The van der Waals surface area contributed by atoms with Crippen molar-refractivity contribution in [1.82, 2.24) is 9.55 Å². The van der Waals surface area contributed by atoms with Crippen molar-refractivity contribution in [3.8, 4) is 0 Å². The molecule has 1 saturated heterocycles. The predicted octanol–water partition coefficient (Wildman–Crippen LogP) is -0.992. The van der Waals surface area contributed by atoms with Gasteiger partial charge in [-0.15, -0.1) is 0 Å². The summed E-state index contributed by atoms with van der Waals surface area (Å²) in [5.74, 6) is 0. The van der Waals surface area contributed by atoms with E-state index in [0.29, 0.717) is 5.56 Å². The van der Waals surface area contributed by atoms with Crippen LogP contribution in [0, 0.1) is 6.92 Å². The van der Waals surface area contributed by atoms with Gasteiger partial charge in [0.05, 0.1) is 12.7 Å². The first-order chi connectivity index (χ1) is 9.38. The second kappa shape index (κ2) is 6.30. The number of aryl methyl sites for hydroxylation is 1. The minimum atomic E-state index is -2.27. The van der Waals surface area contributed by atoms with E-state index >= 15 is 0 Å². The van der Waals surface area contributed by atoms with Crippen molar-refractivity contribution in [2.45, 2.75) is 31.8 Å². The molecule has 0 aliphatic carbocycles. The van der Waals surface area contributed by atoms with Gasteiger partial charge in [0.2, 0.25) is 0 Å². The normalized spacial score (nSPS) is 27.6. The van der Waals surface area contributed by atoms with Gasteiger partial charge in [0.1, 0.15) is 12.3 Å². The molecule has 1 aliphatic heterocycles. The highest BCUT2D eigenvalue weighted by atomic mass is 32.4. The van der Waals surface area contributed by atoms with Crippen LogP contribution in [0.2, 0.25) is 0 Å². The van der Waals surface area contributed by atoms with E-state index in [4.69, 9.17) is 14.2 Å². The topological polar surface area (TPSA) is 114 Å². The van der Waals surface area contributed by atoms with Gasteiger partial charge in [0, 0.05) is 18.2 Å². The maximum absolute atomic E-state index is 11.7. The summed E-state index contributed by atoms with van der Waals surface area (Å²) < 4.78 is 11.6. The summed E-state index contributed by atoms with van der Waals surface area (Å²) >= 11 is 4.53. The Hall–Kier alpha value is -0.830. The first-order valence-electron chi connectivity index (χ1n) is 5.90. The number of nitrogens with zero attached hydrogens (tertiary/aromatic N) is 1. The lowest BCUT2D eigenvalue weighted by atomic mass is 10.2. The van der Waals surface area contributed by atoms with E-state index in [1.807, 2.05) is 0 Å². The van der Waals surface area contributed by atoms with Crippen LogP contribution in [0.3, 0.4) is 0 Å². The van der Waals surface area contributed by atoms with E-state index in [0.717, 1.165) is 0 Å². The van der Waals surface area contributed by atoms with Crippen molar-refractivity contribution in [1.29, 1.82) is 0 Å². The summed E-state index contributed by atoms with van der Waals surface area (Å²) in [6.45, 7) is 1.53. The van der Waals surface area contributed by atoms with Crippen LogP contribution in [-0.4, -0.2) is 38.4 Å². The van der Waals surface area contributed by atoms with Gasteiger partial charge in [-0.25, -0.2) is 4.79 Å². The maximum Gasteiger partial charge on any atom is 0.330 e. The molecule has 0 spiro atoms. The first-order valence-corrected chi connectivity index (χ1v) is 8.38. The molecule has 1 fully saturated rings. The van der Waals surface area contributed by atoms with Crippen LogP contribution >= 0.6 is 7.15 Å². The average molecular weight is 322 g/mol. The van der Waals surface area contributed by atoms with Gasteiger partial charge in [-0.1, -0.05) is 0 Å². The number of hydrogen-bond donors (Lipinski definition) is 3. The molecule has 0 radical (unpaired) electrons. The zero-order valence-electron chi connectivity index (χ0n) is 10.6. The highest BCUT2D eigenvalue weighted by molar-refractivity contribution is 8.00. The number of rotatable bonds is 4. The van der Waals surface area contributed by atoms with E-state index in [1.165, 1.54) is 10.8 Å². The molecule has 1 aromatic heterocycles. The first kappa shape index (κ1) is 15.6. The van der Waals surface area contributed by atoms with Crippen molar-refractivity contribution in [2.75, 3.05) is 6.61 Å². The van der Waals surface area contributed by atoms with Gasteiger partial charge in [-0.3, -0.25) is 14.3 Å². The fourth-order valence-electron chi connectivity index (χ4n) is 1.99. The second-order valence-electron chi connectivity index (χ2n) is 4.49. The number of hydrogen-bond acceptors (Lipinski definition) is 6. The smallest absolute Gasteiger partial charge is 0.330 e. The van der Waals surface area contributed by atoms with Gasteiger partial charge < -0.3 is 19.3 Å². The summed E-state index contributed by atoms with van der Waals surface area (Å²) in [6.07, 6.45) is -0.633. The predicted molar refractivity (Wildman–Crippen MR) is 74.4 cm³/mol. The average Bonchev–Trinajstić information content (AvgIpc) is 2.72. The number of aromatic nitrogens is 2. The third-order valence-corrected chi connectivity index (χ3v) is 3.80. The molecule has 0 saturated carbocycles. The van der Waals surface area contributed by atoms with Gasteiger partial charge in [-0.2, -0.15) is 0 Å². The van der Waals surface area contributed by atoms with E-state index in [2.05, 4.69) is 16.8 Å². The third-order valence-electron chi connectivity index (χ3n) is 3.03. The van der Waals surface area contributed by atoms with Gasteiger partial charge >= 0.3 is 5.69 Å². The van der Waals surface area contributed by atoms with E-state index < -0.39 is 36.8 Å². The molecule has 2 heterocycles. The molecule has 10 heteroatoms. The maximum atomic E-state index is 11.7. The number of aromatic amines is 1. The molecule has 8 nitrogen and oxygen atoms in total. The quantitative estimate of drug-likeness (QED) is 0.610. The Morgan fingerprint density at radius 2 is 2.35 bits per heavy atom. The van der Waals surface area contributed by atoms with Crippen molar-refractivity contribution < 1.29 is 19.3 Å². The zero-order chi connectivity index (χ0) is 14.9. The molecule has 0 bridgehead atoms. The molecule has 1 aromatic rings. The zero-order valence-corrected chi connectivity index (χ0v) is 12.4. The van der Waals surface area contributed by atoms with Crippen LogP contribution in [0.25, 0.3) is 0 Å². The highest BCUT2D eigenvalue weighted by Gasteiger charge is 2.35. The summed E-state index contributed by atoms with van der Waals surface area (Å²) in [6, 6.07) is 0. The number of H-pyrrole nitrogens is 1. The lowest BCUT2D eigenvalue weighted by Crippen LogP contribution is -2.33. The highest BCUT2D eigenvalue weighted by Crippen LogP contribution is 2.29. The third kappa shape index (κ3) is 3.43. The van der Waals surface area contributed by atoms with Crippen molar-refractivity contribution in [2.24, 2.45) is 0 Å². The number of nitrogens with one attached hydrogen (secondary N) is 1. The molecule has 3 N–H and O–H groups in total. The molecule has 20 heavy (non-hydrogen) atoms. The molecule has 4 atom stereocenters. The summed E-state index contributed by atoms with van der Waals surface area (Å²) in [7, 11) is -2.27. The van der Waals surface area contributed by atoms with Crippen molar-refractivity contribution in [3.63, 3.8) is 0 Å². The summed E-state index contributed by atoms with van der Waals surface area (Å²) in [4.78, 5) is 34.1. The van der Waals surface area contributed by atoms with Gasteiger partial charge in [0.25, 0.3) is 5.56 Å². The fraction of sp³-hybridized carbons (Fsp3) is 0.600. The van der Waals surface area contributed by atoms with E-state index in [1.54, 1.807) is 6.92 Å². The minimum absolute atomic E-state index is 0.0386. The van der Waals surface area contributed by atoms with Crippen LogP contribution in [0.4, 0.5) is 0 Å². The molecular weight excluding hydrogens is 307 g/mol. The molecule has 2 rings (SSSR count). The summed E-state index contributed by atoms with van der Waals surface area (Å²) in [5.41, 5.74) is -0.688. The largest absolute Gasteiger partial charge is 0.390 e. The molecule has 4 unspecified atom stereocenters. The standard InChI is InChI=1S/C10H15N2O6PS/c1-5-3-12(10(15)11-9(5)14)8-2-6(13)7(18-8)4-17-19(16)20/h3,6-8,13,19H,2,4H2,1H3,(H,16,20)(H,11,14,15). The fourth-order valence-corrected chi connectivity index (χ4v) is 2.50. The number of aliphatic hydroxyl groups excluding tert-OH is 1. The Balaban J connectivity index is 2.16. The van der Waals surface area contributed by atoms with Crippen LogP contribution in [-0.2, 0) is 21.1 Å². The summed E-state index contributed by atoms with van der Waals surface area (Å²) in [5, 5.41) is 9.85. The van der Waals surface area contributed by atoms with Gasteiger partial charge in [0.15, 0.2) is 7.15 Å². The lowest BCUT2D eigenvalue weighted by Gasteiger charge is -2.16. The van der Waals surface area contributed by atoms with Crippen LogP contribution in [0.1, 0.15) is 18.2 Å². The SMILES string of the molecule is Cc1cn(C2CC(O)C(CO[PH](O)=S)O2)c(=O)[nH]c1=O. The Kier molecular flexibility index (Phi) is 4.90. The van der Waals surface area contributed by atoms with E-state index in [9.17, 15) is 14.7 Å². The van der Waals surface area contributed by atoms with Crippen LogP contribution in [0.15, 0.2) is 15.8 Å². The molecular formula is C10H15N2O6PS. The number of ether oxygens (including phenoxy) is 1. The Labute approximate surface area is 119 Å². The Morgan fingerprint density at radius 3 is 3.00 bits per heavy atom. The van der Waals surface area contributed by atoms with Gasteiger partial charge in [-0.05, 0) is 18.7 Å². The monoisotopic (exact) mass is 322 g/mol. The van der Waals surface area contributed by atoms with Crippen molar-refractivity contribution >= 4 is 19.0 Å². The molecule has 0 amide bonds. The molecule has 1 aliphatic rings.